The lowest BCUT2D eigenvalue weighted by molar-refractivity contribution is -0.137. The Kier molecular flexibility index (Phi) is 6.91. The number of hydrogen-bond acceptors (Lipinski definition) is 4. The third-order valence-electron chi connectivity index (χ3n) is 9.44. The van der Waals surface area contributed by atoms with Gasteiger partial charge in [-0.1, -0.05) is 36.0 Å². The number of benzene rings is 2. The molecule has 0 radical (unpaired) electrons. The summed E-state index contributed by atoms with van der Waals surface area (Å²) in [7, 11) is 4.20. The van der Waals surface area contributed by atoms with E-state index in [1.165, 1.54) is 38.5 Å². The maximum atomic E-state index is 13.5. The van der Waals surface area contributed by atoms with E-state index in [1.807, 2.05) is 36.3 Å². The predicted octanol–water partition coefficient (Wildman–Crippen LogP) is 6.74. The molecule has 0 aromatic heterocycles. The lowest BCUT2D eigenvalue weighted by Crippen LogP contribution is -2.54. The summed E-state index contributed by atoms with van der Waals surface area (Å²) in [5.41, 5.74) is 2.28. The highest BCUT2D eigenvalue weighted by Gasteiger charge is 2.54. The Morgan fingerprint density at radius 2 is 1.61 bits per heavy atom. The molecule has 1 amide bonds. The fraction of sp³-hybridized carbons (Fsp3) is 0.581. The second-order valence-electron chi connectivity index (χ2n) is 12.0. The Bertz CT molecular complexity index is 1070. The number of hydrogen-bond donors (Lipinski definition) is 0. The fourth-order valence-corrected chi connectivity index (χ4v) is 9.29. The van der Waals surface area contributed by atoms with Gasteiger partial charge in [-0.3, -0.25) is 4.79 Å². The summed E-state index contributed by atoms with van der Waals surface area (Å²) in [6.45, 7) is 2.82. The van der Waals surface area contributed by atoms with E-state index in [0.29, 0.717) is 11.5 Å². The first-order valence-electron chi connectivity index (χ1n) is 13.9. The van der Waals surface area contributed by atoms with E-state index in [4.69, 9.17) is 4.74 Å². The highest BCUT2D eigenvalue weighted by atomic mass is 32.2. The minimum absolute atomic E-state index is 0.123. The van der Waals surface area contributed by atoms with E-state index < -0.39 is 0 Å². The van der Waals surface area contributed by atoms with Crippen LogP contribution in [0.2, 0.25) is 0 Å². The second kappa shape index (κ2) is 10.2. The summed E-state index contributed by atoms with van der Waals surface area (Å²) in [6, 6.07) is 16.3. The van der Waals surface area contributed by atoms with Crippen LogP contribution in [-0.4, -0.2) is 50.7 Å². The number of carbonyl (C=O) groups excluding carboxylic acids is 1. The van der Waals surface area contributed by atoms with Crippen LogP contribution in [0.15, 0.2) is 58.3 Å². The first-order valence-corrected chi connectivity index (χ1v) is 14.8. The summed E-state index contributed by atoms with van der Waals surface area (Å²) >= 11 is 1.70. The normalized spacial score (nSPS) is 29.2. The van der Waals surface area contributed by atoms with Gasteiger partial charge in [-0.25, -0.2) is 0 Å². The average molecular weight is 505 g/mol. The van der Waals surface area contributed by atoms with Crippen molar-refractivity contribution in [3.63, 3.8) is 0 Å². The van der Waals surface area contributed by atoms with Crippen molar-refractivity contribution in [3.05, 3.63) is 54.1 Å². The number of anilines is 1. The third kappa shape index (κ3) is 4.63. The van der Waals surface area contributed by atoms with Gasteiger partial charge in [0.2, 0.25) is 0 Å². The SMILES string of the molecule is COC(CN(C)CCCCN1C(=O)c2ccccc2Sc2ccccc21)C12CC3CC(CC(C3)C1)C2. The van der Waals surface area contributed by atoms with Crippen molar-refractivity contribution in [3.8, 4) is 0 Å². The van der Waals surface area contributed by atoms with Crippen molar-refractivity contribution in [2.24, 2.45) is 23.2 Å². The zero-order valence-corrected chi connectivity index (χ0v) is 22.6. The first-order chi connectivity index (χ1) is 17.5. The van der Waals surface area contributed by atoms with Crippen LogP contribution in [0.3, 0.4) is 0 Å². The molecule has 36 heavy (non-hydrogen) atoms. The third-order valence-corrected chi connectivity index (χ3v) is 10.6. The number of para-hydroxylation sites is 1. The van der Waals surface area contributed by atoms with E-state index in [2.05, 4.69) is 36.2 Å². The number of amides is 1. The monoisotopic (exact) mass is 504 g/mol. The summed E-state index contributed by atoms with van der Waals surface area (Å²) in [6.07, 6.45) is 11.0. The van der Waals surface area contributed by atoms with Crippen molar-refractivity contribution in [1.82, 2.24) is 4.90 Å². The molecule has 7 rings (SSSR count). The molecule has 5 aliphatic rings. The molecule has 2 aromatic carbocycles. The summed E-state index contributed by atoms with van der Waals surface area (Å²) in [5.74, 6) is 2.99. The molecule has 4 fully saturated rings. The molecule has 5 heteroatoms. The molecular formula is C31H40N2O2S. The van der Waals surface area contributed by atoms with Gasteiger partial charge < -0.3 is 14.5 Å². The molecular weight excluding hydrogens is 464 g/mol. The number of ether oxygens (including phenoxy) is 1. The Labute approximate surface area is 220 Å². The van der Waals surface area contributed by atoms with Gasteiger partial charge in [0.15, 0.2) is 0 Å². The van der Waals surface area contributed by atoms with Gasteiger partial charge in [0.25, 0.3) is 5.91 Å². The lowest BCUT2D eigenvalue weighted by Gasteiger charge is -2.59. The largest absolute Gasteiger partial charge is 0.380 e. The van der Waals surface area contributed by atoms with Crippen molar-refractivity contribution >= 4 is 23.4 Å². The van der Waals surface area contributed by atoms with Crippen LogP contribution < -0.4 is 4.90 Å². The molecule has 1 aliphatic heterocycles. The zero-order chi connectivity index (χ0) is 24.7. The molecule has 1 unspecified atom stereocenters. The number of carbonyl (C=O) groups is 1. The molecule has 192 valence electrons. The Balaban J connectivity index is 1.06. The quantitative estimate of drug-likeness (QED) is 0.354. The maximum absolute atomic E-state index is 13.5. The molecule has 1 atom stereocenters. The average Bonchev–Trinajstić information content (AvgIpc) is 2.98. The van der Waals surface area contributed by atoms with Gasteiger partial charge in [-0.05, 0) is 112 Å². The first kappa shape index (κ1) is 24.5. The van der Waals surface area contributed by atoms with Crippen molar-refractivity contribution < 1.29 is 9.53 Å². The highest BCUT2D eigenvalue weighted by Crippen LogP contribution is 2.61. The number of likely N-dealkylation sites (N-methyl/N-ethyl adjacent to an activating group) is 1. The van der Waals surface area contributed by atoms with Gasteiger partial charge in [-0.15, -0.1) is 0 Å². The van der Waals surface area contributed by atoms with Gasteiger partial charge in [0.05, 0.1) is 17.4 Å². The van der Waals surface area contributed by atoms with E-state index in [9.17, 15) is 4.79 Å². The van der Waals surface area contributed by atoms with Crippen LogP contribution in [0.25, 0.3) is 0 Å². The Hall–Kier alpha value is -1.82. The van der Waals surface area contributed by atoms with Crippen LogP contribution in [-0.2, 0) is 4.74 Å². The van der Waals surface area contributed by atoms with Crippen LogP contribution >= 0.6 is 11.8 Å². The van der Waals surface area contributed by atoms with Crippen molar-refractivity contribution in [2.75, 3.05) is 38.7 Å². The fourth-order valence-electron chi connectivity index (χ4n) is 8.21. The molecule has 0 spiro atoms. The topological polar surface area (TPSA) is 32.8 Å². The summed E-state index contributed by atoms with van der Waals surface area (Å²) in [5, 5.41) is 0. The Morgan fingerprint density at radius 1 is 0.972 bits per heavy atom. The summed E-state index contributed by atoms with van der Waals surface area (Å²) in [4.78, 5) is 20.2. The second-order valence-corrected chi connectivity index (χ2v) is 13.1. The standard InChI is InChI=1S/C31H40N2O2S/c1-32(21-29(35-2)31-18-22-15-23(19-31)17-24(16-22)20-31)13-7-8-14-33-26-10-4-6-12-28(26)36-27-11-5-3-9-25(27)30(33)34/h3-6,9-12,22-24,29H,7-8,13-21H2,1-2H3. The molecule has 4 bridgehead atoms. The lowest BCUT2D eigenvalue weighted by atomic mass is 9.48. The van der Waals surface area contributed by atoms with Gasteiger partial charge in [0.1, 0.15) is 0 Å². The van der Waals surface area contributed by atoms with Gasteiger partial charge in [-0.2, -0.15) is 0 Å². The van der Waals surface area contributed by atoms with E-state index in [-0.39, 0.29) is 5.91 Å². The molecule has 2 aromatic rings. The zero-order valence-electron chi connectivity index (χ0n) is 21.8. The van der Waals surface area contributed by atoms with Crippen molar-refractivity contribution in [2.45, 2.75) is 67.3 Å². The number of unbranched alkanes of at least 4 members (excludes halogenated alkanes) is 1. The number of rotatable bonds is 9. The van der Waals surface area contributed by atoms with Gasteiger partial charge >= 0.3 is 0 Å². The molecule has 0 saturated heterocycles. The smallest absolute Gasteiger partial charge is 0.259 e. The molecule has 0 N–H and O–H groups in total. The van der Waals surface area contributed by atoms with E-state index in [1.54, 1.807) is 11.8 Å². The van der Waals surface area contributed by atoms with Crippen LogP contribution in [0.1, 0.15) is 61.7 Å². The van der Waals surface area contributed by atoms with Crippen molar-refractivity contribution in [1.29, 1.82) is 0 Å². The van der Waals surface area contributed by atoms with Gasteiger partial charge in [0, 0.05) is 30.0 Å². The molecule has 4 saturated carbocycles. The van der Waals surface area contributed by atoms with E-state index >= 15 is 0 Å². The summed E-state index contributed by atoms with van der Waals surface area (Å²) < 4.78 is 6.21. The minimum Gasteiger partial charge on any atom is -0.380 e. The molecule has 1 heterocycles. The number of methoxy groups -OCH3 is 1. The Morgan fingerprint density at radius 3 is 2.31 bits per heavy atom. The van der Waals surface area contributed by atoms with Crippen LogP contribution in [0.5, 0.6) is 0 Å². The highest BCUT2D eigenvalue weighted by molar-refractivity contribution is 7.99. The number of nitrogens with zero attached hydrogens (tertiary/aromatic N) is 2. The van der Waals surface area contributed by atoms with Crippen LogP contribution in [0.4, 0.5) is 5.69 Å². The predicted molar refractivity (Wildman–Crippen MR) is 147 cm³/mol. The van der Waals surface area contributed by atoms with Crippen LogP contribution in [0, 0.1) is 23.2 Å². The van der Waals surface area contributed by atoms with E-state index in [0.717, 1.165) is 71.3 Å². The number of fused-ring (bicyclic) bond motifs is 2. The maximum Gasteiger partial charge on any atom is 0.259 e. The minimum atomic E-state index is 0.123. The molecule has 4 nitrogen and oxygen atoms in total. The molecule has 4 aliphatic carbocycles.